The Hall–Kier alpha value is -1.59. The van der Waals surface area contributed by atoms with Crippen molar-refractivity contribution in [3.8, 4) is 0 Å². The summed E-state index contributed by atoms with van der Waals surface area (Å²) < 4.78 is 0. The van der Waals surface area contributed by atoms with Crippen LogP contribution in [0.15, 0.2) is 29.3 Å². The van der Waals surface area contributed by atoms with Crippen molar-refractivity contribution in [3.63, 3.8) is 0 Å². The summed E-state index contributed by atoms with van der Waals surface area (Å²) in [5, 5.41) is 10.5. The lowest BCUT2D eigenvalue weighted by Crippen LogP contribution is -3.07. The summed E-state index contributed by atoms with van der Waals surface area (Å²) in [4.78, 5) is 3.88. The van der Waals surface area contributed by atoms with E-state index in [0.29, 0.717) is 11.4 Å². The average molecular weight is 163 g/mol. The van der Waals surface area contributed by atoms with Gasteiger partial charge in [0.15, 0.2) is 0 Å². The fraction of sp³-hybridized carbons (Fsp3) is 0. The number of hydrogen-bond acceptors (Lipinski definition) is 3. The maximum atomic E-state index is 10.9. The Morgan fingerprint density at radius 1 is 1.42 bits per heavy atom. The minimum atomic E-state index is -0.464. The van der Waals surface area contributed by atoms with Crippen LogP contribution in [0, 0.1) is 5.21 Å². The largest absolute Gasteiger partial charge is 0.631 e. The van der Waals surface area contributed by atoms with Crippen LogP contribution < -0.4 is 10.9 Å². The second-order valence-corrected chi connectivity index (χ2v) is 2.40. The van der Waals surface area contributed by atoms with Crippen LogP contribution in [0.3, 0.4) is 0 Å². The summed E-state index contributed by atoms with van der Waals surface area (Å²) in [6.45, 7) is 0. The van der Waals surface area contributed by atoms with Gasteiger partial charge in [0.25, 0.3) is 5.96 Å². The normalized spacial score (nSPS) is 20.8. The molecule has 1 unspecified atom stereocenters. The number of nitrogens with one attached hydrogen (secondary N) is 1. The highest BCUT2D eigenvalue weighted by molar-refractivity contribution is 5.82. The van der Waals surface area contributed by atoms with E-state index in [-0.39, 0.29) is 5.96 Å². The van der Waals surface area contributed by atoms with E-state index < -0.39 is 5.17 Å². The summed E-state index contributed by atoms with van der Waals surface area (Å²) in [7, 11) is 0. The van der Waals surface area contributed by atoms with Crippen LogP contribution in [-0.2, 0) is 0 Å². The van der Waals surface area contributed by atoms with E-state index in [1.165, 1.54) is 0 Å². The summed E-state index contributed by atoms with van der Waals surface area (Å²) in [6, 6.07) is 7.11. The molecule has 0 radical (unpaired) electrons. The molecule has 1 aliphatic rings. The molecule has 0 saturated carbocycles. The van der Waals surface area contributed by atoms with Crippen LogP contribution in [0.2, 0.25) is 0 Å². The molecule has 62 valence electrons. The Labute approximate surface area is 69.1 Å². The number of nitrogens with zero attached hydrogens (tertiary/aromatic N) is 2. The second kappa shape index (κ2) is 2.47. The molecule has 12 heavy (non-hydrogen) atoms. The standard InChI is InChI=1S/C7H7N4O/c8-7-9-5-3-1-2-4-6(5)10-11(7)12/h1-4,11H,(H2,8,9)/q-1. The third-order valence-corrected chi connectivity index (χ3v) is 1.56. The van der Waals surface area contributed by atoms with Crippen LogP contribution in [-0.4, -0.2) is 5.96 Å². The van der Waals surface area contributed by atoms with Crippen molar-refractivity contribution >= 4 is 17.3 Å². The highest BCUT2D eigenvalue weighted by Gasteiger charge is 2.05. The lowest BCUT2D eigenvalue weighted by molar-refractivity contribution is -0.700. The van der Waals surface area contributed by atoms with Crippen LogP contribution in [0.5, 0.6) is 0 Å². The van der Waals surface area contributed by atoms with Crippen molar-refractivity contribution < 1.29 is 5.17 Å². The van der Waals surface area contributed by atoms with Gasteiger partial charge in [-0.15, -0.1) is 0 Å². The SMILES string of the molecule is NC1=Nc2ccccc2[N-][NH+]1[O-]. The molecule has 0 aromatic heterocycles. The quantitative estimate of drug-likeness (QED) is 0.526. The van der Waals surface area contributed by atoms with Crippen LogP contribution in [0.1, 0.15) is 0 Å². The first-order chi connectivity index (χ1) is 5.77. The number of hydrogen-bond donors (Lipinski definition) is 2. The van der Waals surface area contributed by atoms with E-state index in [4.69, 9.17) is 5.73 Å². The predicted molar refractivity (Wildman–Crippen MR) is 45.1 cm³/mol. The summed E-state index contributed by atoms with van der Waals surface area (Å²) >= 11 is 0. The average Bonchev–Trinajstić information content (AvgIpc) is 2.07. The predicted octanol–water partition coefficient (Wildman–Crippen LogP) is -0.0507. The van der Waals surface area contributed by atoms with E-state index in [2.05, 4.69) is 10.4 Å². The number of aliphatic imine (C=N–C) groups is 1. The van der Waals surface area contributed by atoms with Gasteiger partial charge >= 0.3 is 0 Å². The minimum Gasteiger partial charge on any atom is -0.631 e. The third kappa shape index (κ3) is 1.01. The molecule has 1 heterocycles. The molecule has 3 N–H and O–H groups in total. The number of rotatable bonds is 0. The Morgan fingerprint density at radius 3 is 3.00 bits per heavy atom. The first-order valence-corrected chi connectivity index (χ1v) is 3.46. The van der Waals surface area contributed by atoms with Gasteiger partial charge in [-0.3, -0.25) is 0 Å². The second-order valence-electron chi connectivity index (χ2n) is 2.40. The van der Waals surface area contributed by atoms with Gasteiger partial charge in [-0.1, -0.05) is 23.9 Å². The first kappa shape index (κ1) is 7.08. The minimum absolute atomic E-state index is 0.0475. The fourth-order valence-corrected chi connectivity index (χ4v) is 0.998. The number of fused-ring (bicyclic) bond motifs is 1. The molecule has 1 aromatic rings. The smallest absolute Gasteiger partial charge is 0.293 e. The summed E-state index contributed by atoms with van der Waals surface area (Å²) in [5.74, 6) is -0.0475. The first-order valence-electron chi connectivity index (χ1n) is 3.46. The summed E-state index contributed by atoms with van der Waals surface area (Å²) in [6.07, 6.45) is 0. The third-order valence-electron chi connectivity index (χ3n) is 1.56. The van der Waals surface area contributed by atoms with E-state index in [0.717, 1.165) is 0 Å². The van der Waals surface area contributed by atoms with Gasteiger partial charge in [-0.25, -0.2) is 0 Å². The van der Waals surface area contributed by atoms with Crippen molar-refractivity contribution in [2.45, 2.75) is 0 Å². The van der Waals surface area contributed by atoms with Crippen LogP contribution in [0.25, 0.3) is 5.43 Å². The number of hydroxylamine groups is 1. The van der Waals surface area contributed by atoms with Crippen molar-refractivity contribution in [2.75, 3.05) is 0 Å². The Balaban J connectivity index is 2.49. The monoisotopic (exact) mass is 163 g/mol. The van der Waals surface area contributed by atoms with Gasteiger partial charge in [0.05, 0.1) is 5.69 Å². The Bertz CT molecular complexity index is 336. The molecule has 0 amide bonds. The topological polar surface area (TPSA) is 80.0 Å². The van der Waals surface area contributed by atoms with Gasteiger partial charge in [-0.2, -0.15) is 4.99 Å². The molecule has 1 aromatic carbocycles. The number of nitrogens with two attached hydrogens (primary N) is 1. The molecular formula is C7H7N4O-. The van der Waals surface area contributed by atoms with Gasteiger partial charge in [0, 0.05) is 0 Å². The van der Waals surface area contributed by atoms with Crippen molar-refractivity contribution in [1.82, 2.24) is 0 Å². The van der Waals surface area contributed by atoms with Crippen molar-refractivity contribution in [2.24, 2.45) is 10.7 Å². The van der Waals surface area contributed by atoms with E-state index in [1.807, 2.05) is 6.07 Å². The molecule has 5 heteroatoms. The maximum absolute atomic E-state index is 10.9. The van der Waals surface area contributed by atoms with Gasteiger partial charge in [0.1, 0.15) is 0 Å². The summed E-state index contributed by atoms with van der Waals surface area (Å²) in [5.41, 5.74) is 10.3. The zero-order valence-electron chi connectivity index (χ0n) is 6.19. The molecule has 1 atom stereocenters. The fourth-order valence-electron chi connectivity index (χ4n) is 0.998. The molecule has 2 rings (SSSR count). The molecule has 1 aliphatic heterocycles. The number of quaternary nitrogens is 1. The lowest BCUT2D eigenvalue weighted by atomic mass is 10.3. The van der Waals surface area contributed by atoms with Gasteiger partial charge in [-0.05, 0) is 6.07 Å². The molecule has 0 aliphatic carbocycles. The number of benzene rings is 1. The molecule has 5 nitrogen and oxygen atoms in total. The molecular weight excluding hydrogens is 156 g/mol. The van der Waals surface area contributed by atoms with E-state index in [1.54, 1.807) is 18.2 Å². The maximum Gasteiger partial charge on any atom is 0.293 e. The van der Waals surface area contributed by atoms with Gasteiger partial charge in [0.2, 0.25) is 0 Å². The van der Waals surface area contributed by atoms with Crippen LogP contribution in [0.4, 0.5) is 11.4 Å². The lowest BCUT2D eigenvalue weighted by Gasteiger charge is -2.37. The number of para-hydroxylation sites is 2. The molecule has 0 spiro atoms. The highest BCUT2D eigenvalue weighted by Crippen LogP contribution is 2.29. The van der Waals surface area contributed by atoms with E-state index in [9.17, 15) is 5.21 Å². The van der Waals surface area contributed by atoms with Gasteiger partial charge < -0.3 is 21.5 Å². The Morgan fingerprint density at radius 2 is 2.17 bits per heavy atom. The van der Waals surface area contributed by atoms with Crippen molar-refractivity contribution in [3.05, 3.63) is 34.9 Å². The van der Waals surface area contributed by atoms with Crippen molar-refractivity contribution in [1.29, 1.82) is 0 Å². The molecule has 0 bridgehead atoms. The van der Waals surface area contributed by atoms with E-state index >= 15 is 0 Å². The zero-order valence-corrected chi connectivity index (χ0v) is 6.19. The Kier molecular flexibility index (Phi) is 1.46. The highest BCUT2D eigenvalue weighted by atomic mass is 16.5. The van der Waals surface area contributed by atoms with Crippen LogP contribution >= 0.6 is 0 Å². The number of guanidine groups is 1. The molecule has 0 fully saturated rings. The zero-order chi connectivity index (χ0) is 8.55. The molecule has 0 saturated heterocycles.